The predicted octanol–water partition coefficient (Wildman–Crippen LogP) is 0.947. The van der Waals surface area contributed by atoms with Gasteiger partial charge < -0.3 is 24.8 Å². The minimum Gasteiger partial charge on any atom is -0.493 e. The molecule has 1 fully saturated rings. The Hall–Kier alpha value is -3.17. The monoisotopic (exact) mass is 442 g/mol. The van der Waals surface area contributed by atoms with Gasteiger partial charge in [-0.2, -0.15) is 0 Å². The summed E-state index contributed by atoms with van der Waals surface area (Å²) in [6.45, 7) is 3.44. The second-order valence-corrected chi connectivity index (χ2v) is 7.36. The number of rotatable bonds is 9. The Morgan fingerprint density at radius 2 is 1.84 bits per heavy atom. The van der Waals surface area contributed by atoms with E-state index in [2.05, 4.69) is 20.5 Å². The van der Waals surface area contributed by atoms with Gasteiger partial charge in [0.25, 0.3) is 0 Å². The van der Waals surface area contributed by atoms with E-state index < -0.39 is 11.8 Å². The zero-order chi connectivity index (χ0) is 22.8. The lowest BCUT2D eigenvalue weighted by molar-refractivity contribution is -0.139. The van der Waals surface area contributed by atoms with E-state index in [-0.39, 0.29) is 6.04 Å². The summed E-state index contributed by atoms with van der Waals surface area (Å²) in [6, 6.07) is 9.33. The van der Waals surface area contributed by atoms with Gasteiger partial charge in [-0.15, -0.1) is 0 Å². The van der Waals surface area contributed by atoms with Crippen molar-refractivity contribution >= 4 is 11.8 Å². The molecule has 3 rings (SSSR count). The molecule has 1 aromatic carbocycles. The molecule has 1 saturated heterocycles. The summed E-state index contributed by atoms with van der Waals surface area (Å²) >= 11 is 0. The first-order chi connectivity index (χ1) is 15.6. The van der Waals surface area contributed by atoms with Crippen LogP contribution in [0.3, 0.4) is 0 Å². The van der Waals surface area contributed by atoms with Crippen molar-refractivity contribution in [3.05, 3.63) is 53.9 Å². The number of amides is 2. The maximum absolute atomic E-state index is 12.4. The van der Waals surface area contributed by atoms with Gasteiger partial charge in [-0.05, 0) is 35.7 Å². The molecule has 9 heteroatoms. The molecule has 2 heterocycles. The average Bonchev–Trinajstić information content (AvgIpc) is 2.85. The lowest BCUT2D eigenvalue weighted by atomic mass is 10.1. The van der Waals surface area contributed by atoms with Gasteiger partial charge in [0.2, 0.25) is 0 Å². The number of aromatic nitrogens is 1. The molecule has 2 aromatic rings. The standard InChI is InChI=1S/C23H30N4O5/c1-30-20-6-5-17(14-21(20)31-2)7-9-25-22(28)23(29)26-16-19(18-4-3-8-24-15-18)27-10-12-32-13-11-27/h3-6,8,14-15,19H,7,9-13,16H2,1-2H3,(H,25,28)(H,26,29)/t19-/m1/s1. The van der Waals surface area contributed by atoms with Gasteiger partial charge in [-0.3, -0.25) is 19.5 Å². The van der Waals surface area contributed by atoms with E-state index in [4.69, 9.17) is 14.2 Å². The van der Waals surface area contributed by atoms with Crippen LogP contribution in [0.25, 0.3) is 0 Å². The first kappa shape index (κ1) is 23.5. The summed E-state index contributed by atoms with van der Waals surface area (Å²) < 4.78 is 16.0. The van der Waals surface area contributed by atoms with Gasteiger partial charge in [0.1, 0.15) is 0 Å². The SMILES string of the molecule is COc1ccc(CCNC(=O)C(=O)NC[C@H](c2cccnc2)N2CCOCC2)cc1OC. The summed E-state index contributed by atoms with van der Waals surface area (Å²) in [5.41, 5.74) is 1.95. The molecule has 0 spiro atoms. The van der Waals surface area contributed by atoms with Crippen LogP contribution < -0.4 is 20.1 Å². The first-order valence-corrected chi connectivity index (χ1v) is 10.6. The second kappa shape index (κ2) is 12.0. The Kier molecular flexibility index (Phi) is 8.82. The van der Waals surface area contributed by atoms with Crippen molar-refractivity contribution in [1.82, 2.24) is 20.5 Å². The van der Waals surface area contributed by atoms with E-state index in [9.17, 15) is 9.59 Å². The minimum absolute atomic E-state index is 0.0730. The van der Waals surface area contributed by atoms with Crippen LogP contribution >= 0.6 is 0 Å². The normalized spacial score (nSPS) is 14.9. The Morgan fingerprint density at radius 3 is 2.53 bits per heavy atom. The van der Waals surface area contributed by atoms with Crippen LogP contribution in [0.1, 0.15) is 17.2 Å². The molecule has 1 aliphatic heterocycles. The summed E-state index contributed by atoms with van der Waals surface area (Å²) in [6.07, 6.45) is 4.06. The molecule has 2 amide bonds. The van der Waals surface area contributed by atoms with Crippen molar-refractivity contribution in [1.29, 1.82) is 0 Å². The topological polar surface area (TPSA) is 102 Å². The third kappa shape index (κ3) is 6.41. The molecule has 0 unspecified atom stereocenters. The number of benzene rings is 1. The smallest absolute Gasteiger partial charge is 0.309 e. The number of hydrogen-bond donors (Lipinski definition) is 2. The molecule has 9 nitrogen and oxygen atoms in total. The quantitative estimate of drug-likeness (QED) is 0.558. The molecular formula is C23H30N4O5. The summed E-state index contributed by atoms with van der Waals surface area (Å²) in [5, 5.41) is 5.43. The van der Waals surface area contributed by atoms with Gasteiger partial charge in [-0.1, -0.05) is 12.1 Å². The Balaban J connectivity index is 1.50. The van der Waals surface area contributed by atoms with Crippen LogP contribution in [-0.4, -0.2) is 75.3 Å². The van der Waals surface area contributed by atoms with E-state index in [0.717, 1.165) is 24.2 Å². The highest BCUT2D eigenvalue weighted by Gasteiger charge is 2.24. The lowest BCUT2D eigenvalue weighted by Gasteiger charge is -2.34. The van der Waals surface area contributed by atoms with Crippen molar-refractivity contribution in [2.24, 2.45) is 0 Å². The van der Waals surface area contributed by atoms with Crippen molar-refractivity contribution in [3.63, 3.8) is 0 Å². The molecule has 1 aliphatic rings. The summed E-state index contributed by atoms with van der Waals surface area (Å²) in [4.78, 5) is 31.1. The average molecular weight is 443 g/mol. The van der Waals surface area contributed by atoms with E-state index in [1.165, 1.54) is 0 Å². The highest BCUT2D eigenvalue weighted by Crippen LogP contribution is 2.27. The van der Waals surface area contributed by atoms with Crippen LogP contribution in [0.4, 0.5) is 0 Å². The molecule has 32 heavy (non-hydrogen) atoms. The predicted molar refractivity (Wildman–Crippen MR) is 119 cm³/mol. The molecule has 172 valence electrons. The van der Waals surface area contributed by atoms with Crippen molar-refractivity contribution in [3.8, 4) is 11.5 Å². The highest BCUT2D eigenvalue weighted by molar-refractivity contribution is 6.35. The molecule has 1 aromatic heterocycles. The van der Waals surface area contributed by atoms with Crippen LogP contribution in [0.2, 0.25) is 0 Å². The van der Waals surface area contributed by atoms with Crippen molar-refractivity contribution in [2.45, 2.75) is 12.5 Å². The largest absolute Gasteiger partial charge is 0.493 e. The number of carbonyl (C=O) groups is 2. The second-order valence-electron chi connectivity index (χ2n) is 7.36. The van der Waals surface area contributed by atoms with E-state index in [0.29, 0.717) is 44.2 Å². The highest BCUT2D eigenvalue weighted by atomic mass is 16.5. The van der Waals surface area contributed by atoms with Gasteiger partial charge in [0.05, 0.1) is 33.5 Å². The van der Waals surface area contributed by atoms with E-state index in [1.807, 2.05) is 30.3 Å². The number of nitrogens with one attached hydrogen (secondary N) is 2. The Morgan fingerprint density at radius 1 is 1.09 bits per heavy atom. The third-order valence-corrected chi connectivity index (χ3v) is 5.37. The third-order valence-electron chi connectivity index (χ3n) is 5.37. The molecule has 1 atom stereocenters. The number of methoxy groups -OCH3 is 2. The van der Waals surface area contributed by atoms with Gasteiger partial charge in [0.15, 0.2) is 11.5 Å². The zero-order valence-electron chi connectivity index (χ0n) is 18.5. The number of ether oxygens (including phenoxy) is 3. The fourth-order valence-corrected chi connectivity index (χ4v) is 3.63. The number of pyridine rings is 1. The maximum Gasteiger partial charge on any atom is 0.309 e. The van der Waals surface area contributed by atoms with Crippen LogP contribution in [-0.2, 0) is 20.7 Å². The van der Waals surface area contributed by atoms with E-state index in [1.54, 1.807) is 26.6 Å². The lowest BCUT2D eigenvalue weighted by Crippen LogP contribution is -2.47. The minimum atomic E-state index is -0.655. The first-order valence-electron chi connectivity index (χ1n) is 10.6. The Bertz CT molecular complexity index is 887. The maximum atomic E-state index is 12.4. The van der Waals surface area contributed by atoms with Crippen LogP contribution in [0, 0.1) is 0 Å². The molecule has 0 radical (unpaired) electrons. The van der Waals surface area contributed by atoms with Crippen molar-refractivity contribution in [2.75, 3.05) is 53.6 Å². The van der Waals surface area contributed by atoms with Gasteiger partial charge in [-0.25, -0.2) is 0 Å². The van der Waals surface area contributed by atoms with Gasteiger partial charge in [0, 0.05) is 38.6 Å². The molecule has 0 bridgehead atoms. The fourth-order valence-electron chi connectivity index (χ4n) is 3.63. The molecular weight excluding hydrogens is 412 g/mol. The number of carbonyl (C=O) groups excluding carboxylic acids is 2. The molecule has 0 saturated carbocycles. The van der Waals surface area contributed by atoms with Crippen LogP contribution in [0.5, 0.6) is 11.5 Å². The molecule has 0 aliphatic carbocycles. The van der Waals surface area contributed by atoms with E-state index >= 15 is 0 Å². The Labute approximate surface area is 188 Å². The summed E-state index contributed by atoms with van der Waals surface area (Å²) in [7, 11) is 3.15. The van der Waals surface area contributed by atoms with Crippen LogP contribution in [0.15, 0.2) is 42.7 Å². The van der Waals surface area contributed by atoms with Crippen molar-refractivity contribution < 1.29 is 23.8 Å². The number of hydrogen-bond acceptors (Lipinski definition) is 7. The number of morpholine rings is 1. The number of nitrogens with zero attached hydrogens (tertiary/aromatic N) is 2. The van der Waals surface area contributed by atoms with Gasteiger partial charge >= 0.3 is 11.8 Å². The zero-order valence-corrected chi connectivity index (χ0v) is 18.5. The summed E-state index contributed by atoms with van der Waals surface area (Å²) in [5.74, 6) is -0.0430. The fraction of sp³-hybridized carbons (Fsp3) is 0.435. The molecule has 2 N–H and O–H groups in total.